The number of nitrogens with zero attached hydrogens (tertiary/aromatic N) is 1. The Morgan fingerprint density at radius 1 is 1.03 bits per heavy atom. The van der Waals surface area contributed by atoms with Crippen LogP contribution in [0.2, 0.25) is 0 Å². The highest BCUT2D eigenvalue weighted by Gasteiger charge is 2.28. The zero-order valence-electron chi connectivity index (χ0n) is 23.0. The van der Waals surface area contributed by atoms with Crippen molar-refractivity contribution in [1.29, 1.82) is 0 Å². The van der Waals surface area contributed by atoms with Crippen molar-refractivity contribution < 1.29 is 33.3 Å². The van der Waals surface area contributed by atoms with E-state index >= 15 is 0 Å². The molecule has 9 nitrogen and oxygen atoms in total. The monoisotopic (exact) mass is 537 g/mol. The fourth-order valence-corrected chi connectivity index (χ4v) is 4.83. The smallest absolute Gasteiger partial charge is 0.306 e. The van der Waals surface area contributed by atoms with Gasteiger partial charge in [0.2, 0.25) is 11.2 Å². The second-order valence-corrected chi connectivity index (χ2v) is 9.79. The molecular weight excluding hydrogens is 502 g/mol. The van der Waals surface area contributed by atoms with Gasteiger partial charge < -0.3 is 28.5 Å². The maximum absolute atomic E-state index is 12.8. The number of ether oxygens (including phenoxy) is 4. The van der Waals surface area contributed by atoms with Gasteiger partial charge in [0.1, 0.15) is 11.5 Å². The zero-order valence-corrected chi connectivity index (χ0v) is 23.0. The second-order valence-electron chi connectivity index (χ2n) is 9.79. The highest BCUT2D eigenvalue weighted by atomic mass is 16.5. The minimum atomic E-state index is -0.725. The summed E-state index contributed by atoms with van der Waals surface area (Å²) in [6, 6.07) is 12.4. The molecule has 3 aromatic rings. The fourth-order valence-electron chi connectivity index (χ4n) is 4.83. The van der Waals surface area contributed by atoms with E-state index in [2.05, 4.69) is 4.90 Å². The summed E-state index contributed by atoms with van der Waals surface area (Å²) in [7, 11) is 4.52. The third-order valence-electron chi connectivity index (χ3n) is 6.75. The van der Waals surface area contributed by atoms with E-state index in [1.807, 2.05) is 26.0 Å². The van der Waals surface area contributed by atoms with Gasteiger partial charge in [-0.3, -0.25) is 14.5 Å². The van der Waals surface area contributed by atoms with Crippen LogP contribution in [0.25, 0.3) is 0 Å². The van der Waals surface area contributed by atoms with Crippen LogP contribution in [0.3, 0.4) is 0 Å². The van der Waals surface area contributed by atoms with Gasteiger partial charge in [-0.15, -0.1) is 0 Å². The number of hydrogen-bond donors (Lipinski definition) is 1. The van der Waals surface area contributed by atoms with Crippen LogP contribution in [0, 0.1) is 0 Å². The highest BCUT2D eigenvalue weighted by Crippen LogP contribution is 2.36. The first-order valence-electron chi connectivity index (χ1n) is 12.9. The Bertz CT molecular complexity index is 1360. The molecule has 2 heterocycles. The van der Waals surface area contributed by atoms with Crippen LogP contribution < -0.4 is 19.6 Å². The van der Waals surface area contributed by atoms with Crippen LogP contribution in [0.4, 0.5) is 0 Å². The van der Waals surface area contributed by atoms with Gasteiger partial charge >= 0.3 is 5.97 Å². The first kappa shape index (κ1) is 28.0. The van der Waals surface area contributed by atoms with Crippen molar-refractivity contribution in [2.75, 3.05) is 27.9 Å². The summed E-state index contributed by atoms with van der Waals surface area (Å²) < 4.78 is 27.6. The third-order valence-corrected chi connectivity index (χ3v) is 6.75. The molecule has 0 saturated carbocycles. The van der Waals surface area contributed by atoms with Gasteiger partial charge in [0.05, 0.1) is 46.3 Å². The number of rotatable bonds is 10. The molecule has 0 spiro atoms. The SMILES string of the molecule is COC(=O)C[C@@H](c1ccc(OC(C)C)cc1)c1oc(CN2CCc3cc(OC)c(OC)cc3C2)cc(=O)c1O. The van der Waals surface area contributed by atoms with Crippen LogP contribution in [0.5, 0.6) is 23.0 Å². The standard InChI is InChI=1S/C30H35NO8/c1-18(2)38-22-8-6-19(7-9-22)24(15-28(33)37-5)30-29(34)25(32)14-23(39-30)17-31-11-10-20-12-26(35-3)27(36-4)13-21(20)16-31/h6-9,12-14,18,24,34H,10-11,15-17H2,1-5H3/t24-/m0/s1. The molecule has 39 heavy (non-hydrogen) atoms. The Morgan fingerprint density at radius 2 is 1.69 bits per heavy atom. The van der Waals surface area contributed by atoms with E-state index in [0.29, 0.717) is 41.7 Å². The Kier molecular flexibility index (Phi) is 8.81. The summed E-state index contributed by atoms with van der Waals surface area (Å²) in [5, 5.41) is 10.7. The van der Waals surface area contributed by atoms with E-state index in [1.54, 1.807) is 38.5 Å². The molecule has 0 unspecified atom stereocenters. The van der Waals surface area contributed by atoms with Crippen molar-refractivity contribution in [1.82, 2.24) is 4.90 Å². The number of benzene rings is 2. The molecule has 0 saturated heterocycles. The van der Waals surface area contributed by atoms with Crippen molar-refractivity contribution in [3.05, 3.63) is 80.9 Å². The van der Waals surface area contributed by atoms with Gasteiger partial charge in [0.25, 0.3) is 0 Å². The first-order chi connectivity index (χ1) is 18.7. The Balaban J connectivity index is 1.63. The summed E-state index contributed by atoms with van der Waals surface area (Å²) in [5.74, 6) is 0.714. The van der Waals surface area contributed by atoms with E-state index in [-0.39, 0.29) is 18.3 Å². The van der Waals surface area contributed by atoms with E-state index in [0.717, 1.165) is 18.5 Å². The van der Waals surface area contributed by atoms with E-state index in [9.17, 15) is 14.7 Å². The van der Waals surface area contributed by atoms with Crippen molar-refractivity contribution in [3.8, 4) is 23.0 Å². The lowest BCUT2D eigenvalue weighted by molar-refractivity contribution is -0.140. The van der Waals surface area contributed by atoms with Gasteiger partial charge in [0.15, 0.2) is 17.3 Å². The summed E-state index contributed by atoms with van der Waals surface area (Å²) in [5.41, 5.74) is 2.40. The van der Waals surface area contributed by atoms with Crippen LogP contribution >= 0.6 is 0 Å². The topological polar surface area (TPSA) is 108 Å². The van der Waals surface area contributed by atoms with E-state index < -0.39 is 23.1 Å². The summed E-state index contributed by atoms with van der Waals surface area (Å²) >= 11 is 0. The molecule has 9 heteroatoms. The number of fused-ring (bicyclic) bond motifs is 1. The predicted octanol–water partition coefficient (Wildman–Crippen LogP) is 4.40. The van der Waals surface area contributed by atoms with Crippen LogP contribution in [-0.4, -0.2) is 50.0 Å². The maximum Gasteiger partial charge on any atom is 0.306 e. The average Bonchev–Trinajstić information content (AvgIpc) is 2.93. The molecule has 0 bridgehead atoms. The first-order valence-corrected chi connectivity index (χ1v) is 12.9. The maximum atomic E-state index is 12.8. The van der Waals surface area contributed by atoms with Crippen LogP contribution in [0.1, 0.15) is 54.4 Å². The second kappa shape index (κ2) is 12.3. The van der Waals surface area contributed by atoms with Gasteiger partial charge in [-0.2, -0.15) is 0 Å². The number of hydrogen-bond acceptors (Lipinski definition) is 9. The molecular formula is C30H35NO8. The van der Waals surface area contributed by atoms with Crippen molar-refractivity contribution in [3.63, 3.8) is 0 Å². The van der Waals surface area contributed by atoms with E-state index in [4.69, 9.17) is 23.4 Å². The molecule has 0 aliphatic carbocycles. The minimum Gasteiger partial charge on any atom is -0.502 e. The zero-order chi connectivity index (χ0) is 28.1. The number of esters is 1. The lowest BCUT2D eigenvalue weighted by atomic mass is 9.92. The molecule has 4 rings (SSSR count). The lowest BCUT2D eigenvalue weighted by Crippen LogP contribution is -2.30. The highest BCUT2D eigenvalue weighted by molar-refractivity contribution is 5.71. The largest absolute Gasteiger partial charge is 0.502 e. The Hall–Kier alpha value is -3.98. The Morgan fingerprint density at radius 3 is 2.31 bits per heavy atom. The van der Waals surface area contributed by atoms with Crippen LogP contribution in [-0.2, 0) is 29.0 Å². The number of carbonyl (C=O) groups excluding carboxylic acids is 1. The molecule has 208 valence electrons. The lowest BCUT2D eigenvalue weighted by Gasteiger charge is -2.29. The molecule has 1 aliphatic rings. The van der Waals surface area contributed by atoms with Crippen molar-refractivity contribution >= 4 is 5.97 Å². The van der Waals surface area contributed by atoms with Crippen molar-refractivity contribution in [2.45, 2.75) is 51.8 Å². The molecule has 0 fully saturated rings. The molecule has 0 radical (unpaired) electrons. The molecule has 1 aromatic heterocycles. The molecule has 2 aromatic carbocycles. The average molecular weight is 538 g/mol. The number of carbonyl (C=O) groups is 1. The summed E-state index contributed by atoms with van der Waals surface area (Å²) in [6.45, 7) is 5.58. The quantitative estimate of drug-likeness (QED) is 0.377. The van der Waals surface area contributed by atoms with Gasteiger partial charge in [-0.25, -0.2) is 0 Å². The minimum absolute atomic E-state index is 0.00494. The normalized spacial score (nSPS) is 14.0. The summed E-state index contributed by atoms with van der Waals surface area (Å²) in [6.07, 6.45) is 0.686. The molecule has 0 amide bonds. The van der Waals surface area contributed by atoms with Crippen molar-refractivity contribution in [2.24, 2.45) is 0 Å². The number of methoxy groups -OCH3 is 3. The molecule has 1 aliphatic heterocycles. The van der Waals surface area contributed by atoms with Gasteiger partial charge in [-0.1, -0.05) is 12.1 Å². The van der Waals surface area contributed by atoms with E-state index in [1.165, 1.54) is 18.7 Å². The van der Waals surface area contributed by atoms with Gasteiger partial charge in [0, 0.05) is 19.2 Å². The summed E-state index contributed by atoms with van der Waals surface area (Å²) in [4.78, 5) is 27.3. The van der Waals surface area contributed by atoms with Crippen LogP contribution in [0.15, 0.2) is 51.7 Å². The predicted molar refractivity (Wildman–Crippen MR) is 145 cm³/mol. The Labute approximate surface area is 227 Å². The third kappa shape index (κ3) is 6.54. The molecule has 1 atom stereocenters. The van der Waals surface area contributed by atoms with Gasteiger partial charge in [-0.05, 0) is 61.2 Å². The molecule has 1 N–H and O–H groups in total. The fraction of sp³-hybridized carbons (Fsp3) is 0.400. The number of aromatic hydroxyl groups is 1.